The number of methoxy groups -OCH3 is 1. The van der Waals surface area contributed by atoms with Crippen molar-refractivity contribution in [3.05, 3.63) is 88.4 Å². The lowest BCUT2D eigenvalue weighted by Gasteiger charge is -2.12. The molecule has 3 aromatic rings. The second kappa shape index (κ2) is 11.6. The third-order valence-electron chi connectivity index (χ3n) is 4.56. The molecular formula is C25H21ClN2O5. The molecule has 7 nitrogen and oxygen atoms in total. The Morgan fingerprint density at radius 2 is 1.67 bits per heavy atom. The third kappa shape index (κ3) is 6.99. The summed E-state index contributed by atoms with van der Waals surface area (Å²) >= 11 is 5.89. The lowest BCUT2D eigenvalue weighted by atomic mass is 10.1. The van der Waals surface area contributed by atoms with E-state index in [-0.39, 0.29) is 5.56 Å². The predicted molar refractivity (Wildman–Crippen MR) is 123 cm³/mol. The zero-order valence-corrected chi connectivity index (χ0v) is 18.6. The SMILES string of the molecule is COc1cc(C(=O)OCC(=O)Nc2ccc(CC#N)cc2)ccc1OCc1ccc(Cl)cc1. The van der Waals surface area contributed by atoms with Crippen LogP contribution in [0.2, 0.25) is 5.02 Å². The van der Waals surface area contributed by atoms with E-state index in [0.717, 1.165) is 11.1 Å². The lowest BCUT2D eigenvalue weighted by Crippen LogP contribution is -2.21. The molecule has 3 aromatic carbocycles. The molecule has 8 heteroatoms. The quantitative estimate of drug-likeness (QED) is 0.457. The normalized spacial score (nSPS) is 10.1. The van der Waals surface area contributed by atoms with Crippen LogP contribution in [0.3, 0.4) is 0 Å². The number of ether oxygens (including phenoxy) is 3. The maximum Gasteiger partial charge on any atom is 0.338 e. The molecule has 33 heavy (non-hydrogen) atoms. The molecule has 0 unspecified atom stereocenters. The van der Waals surface area contributed by atoms with E-state index in [1.807, 2.05) is 12.1 Å². The van der Waals surface area contributed by atoms with Crippen molar-refractivity contribution in [2.24, 2.45) is 0 Å². The molecular weight excluding hydrogens is 444 g/mol. The van der Waals surface area contributed by atoms with E-state index < -0.39 is 18.5 Å². The van der Waals surface area contributed by atoms with Gasteiger partial charge in [-0.2, -0.15) is 5.26 Å². The molecule has 3 rings (SSSR count). The highest BCUT2D eigenvalue weighted by Crippen LogP contribution is 2.29. The molecule has 0 radical (unpaired) electrons. The molecule has 0 aliphatic rings. The number of hydrogen-bond donors (Lipinski definition) is 1. The summed E-state index contributed by atoms with van der Waals surface area (Å²) in [7, 11) is 1.47. The van der Waals surface area contributed by atoms with Gasteiger partial charge in [0.15, 0.2) is 18.1 Å². The zero-order chi connectivity index (χ0) is 23.6. The Morgan fingerprint density at radius 3 is 2.33 bits per heavy atom. The molecule has 0 bridgehead atoms. The van der Waals surface area contributed by atoms with Crippen molar-refractivity contribution in [1.82, 2.24) is 0 Å². The number of halogens is 1. The van der Waals surface area contributed by atoms with Crippen molar-refractivity contribution in [1.29, 1.82) is 5.26 Å². The van der Waals surface area contributed by atoms with Crippen molar-refractivity contribution in [3.63, 3.8) is 0 Å². The number of nitrogens with one attached hydrogen (secondary N) is 1. The molecule has 0 spiro atoms. The summed E-state index contributed by atoms with van der Waals surface area (Å²) in [5.74, 6) is -0.328. The fourth-order valence-electron chi connectivity index (χ4n) is 2.86. The number of esters is 1. The first-order valence-electron chi connectivity index (χ1n) is 9.96. The number of nitrogens with zero attached hydrogens (tertiary/aromatic N) is 1. The Kier molecular flexibility index (Phi) is 8.28. The Balaban J connectivity index is 1.54. The van der Waals surface area contributed by atoms with Gasteiger partial charge in [0.1, 0.15) is 6.61 Å². The molecule has 1 amide bonds. The van der Waals surface area contributed by atoms with Gasteiger partial charge < -0.3 is 19.5 Å². The summed E-state index contributed by atoms with van der Waals surface area (Å²) in [6, 6.07) is 20.8. The van der Waals surface area contributed by atoms with Gasteiger partial charge in [0.05, 0.1) is 25.2 Å². The lowest BCUT2D eigenvalue weighted by molar-refractivity contribution is -0.119. The molecule has 0 aliphatic heterocycles. The van der Waals surface area contributed by atoms with E-state index in [9.17, 15) is 9.59 Å². The van der Waals surface area contributed by atoms with Crippen LogP contribution in [0, 0.1) is 11.3 Å². The summed E-state index contributed by atoms with van der Waals surface area (Å²) in [6.45, 7) is -0.148. The van der Waals surface area contributed by atoms with E-state index in [0.29, 0.717) is 35.2 Å². The van der Waals surface area contributed by atoms with E-state index in [2.05, 4.69) is 11.4 Å². The molecule has 0 aromatic heterocycles. The van der Waals surface area contributed by atoms with Crippen molar-refractivity contribution in [2.45, 2.75) is 13.0 Å². The number of rotatable bonds is 9. The molecule has 0 saturated carbocycles. The number of anilines is 1. The smallest absolute Gasteiger partial charge is 0.338 e. The van der Waals surface area contributed by atoms with Crippen LogP contribution in [0.5, 0.6) is 11.5 Å². The van der Waals surface area contributed by atoms with E-state index >= 15 is 0 Å². The maximum absolute atomic E-state index is 12.4. The number of benzene rings is 3. The van der Waals surface area contributed by atoms with E-state index in [4.69, 9.17) is 31.1 Å². The van der Waals surface area contributed by atoms with Gasteiger partial charge in [-0.3, -0.25) is 4.79 Å². The number of carbonyl (C=O) groups is 2. The standard InChI is InChI=1S/C25H21ClN2O5/c1-31-23-14-19(6-11-22(23)32-15-18-2-7-20(26)8-3-18)25(30)33-16-24(29)28-21-9-4-17(5-10-21)12-13-27/h2-11,14H,12,15-16H2,1H3,(H,28,29). The molecule has 0 fully saturated rings. The predicted octanol–water partition coefficient (Wildman–Crippen LogP) is 4.79. The van der Waals surface area contributed by atoms with Crippen LogP contribution >= 0.6 is 11.6 Å². The number of nitriles is 1. The summed E-state index contributed by atoms with van der Waals surface area (Å²) < 4.78 is 16.2. The minimum absolute atomic E-state index is 0.222. The summed E-state index contributed by atoms with van der Waals surface area (Å²) in [5, 5.41) is 12.0. The Labute approximate surface area is 196 Å². The van der Waals surface area contributed by atoms with Gasteiger partial charge in [0.25, 0.3) is 5.91 Å². The fourth-order valence-corrected chi connectivity index (χ4v) is 2.99. The van der Waals surface area contributed by atoms with Crippen molar-refractivity contribution in [2.75, 3.05) is 19.0 Å². The fraction of sp³-hybridized carbons (Fsp3) is 0.160. The van der Waals surface area contributed by atoms with E-state index in [1.165, 1.54) is 19.2 Å². The van der Waals surface area contributed by atoms with Crippen LogP contribution in [-0.2, 0) is 22.6 Å². The average Bonchev–Trinajstić information content (AvgIpc) is 2.83. The molecule has 0 saturated heterocycles. The summed E-state index contributed by atoms with van der Waals surface area (Å²) in [4.78, 5) is 24.5. The molecule has 0 aliphatic carbocycles. The van der Waals surface area contributed by atoms with Gasteiger partial charge >= 0.3 is 5.97 Å². The van der Waals surface area contributed by atoms with Gasteiger partial charge in [0, 0.05) is 10.7 Å². The van der Waals surface area contributed by atoms with Crippen molar-refractivity contribution >= 4 is 29.2 Å². The Hall–Kier alpha value is -4.02. The number of carbonyl (C=O) groups excluding carboxylic acids is 2. The average molecular weight is 465 g/mol. The minimum atomic E-state index is -0.669. The van der Waals surface area contributed by atoms with Crippen molar-refractivity contribution < 1.29 is 23.8 Å². The summed E-state index contributed by atoms with van der Waals surface area (Å²) in [5.41, 5.74) is 2.54. The number of hydrogen-bond acceptors (Lipinski definition) is 6. The largest absolute Gasteiger partial charge is 0.493 e. The van der Waals surface area contributed by atoms with Gasteiger partial charge in [-0.15, -0.1) is 0 Å². The van der Waals surface area contributed by atoms with Crippen LogP contribution in [0.15, 0.2) is 66.7 Å². The van der Waals surface area contributed by atoms with Gasteiger partial charge in [-0.25, -0.2) is 4.79 Å². The number of amides is 1. The third-order valence-corrected chi connectivity index (χ3v) is 4.81. The highest BCUT2D eigenvalue weighted by Gasteiger charge is 2.14. The Morgan fingerprint density at radius 1 is 0.970 bits per heavy atom. The first-order chi connectivity index (χ1) is 16.0. The first-order valence-corrected chi connectivity index (χ1v) is 10.3. The van der Waals surface area contributed by atoms with Crippen LogP contribution in [0.1, 0.15) is 21.5 Å². The van der Waals surface area contributed by atoms with Crippen LogP contribution in [0.4, 0.5) is 5.69 Å². The Bertz CT molecular complexity index is 1150. The van der Waals surface area contributed by atoms with Crippen LogP contribution < -0.4 is 14.8 Å². The first kappa shape index (κ1) is 23.6. The summed E-state index contributed by atoms with van der Waals surface area (Å²) in [6.07, 6.45) is 0.292. The van der Waals surface area contributed by atoms with E-state index in [1.54, 1.807) is 42.5 Å². The molecule has 1 N–H and O–H groups in total. The maximum atomic E-state index is 12.4. The second-order valence-electron chi connectivity index (χ2n) is 6.94. The van der Waals surface area contributed by atoms with Crippen molar-refractivity contribution in [3.8, 4) is 17.6 Å². The molecule has 168 valence electrons. The molecule has 0 heterocycles. The molecule has 0 atom stereocenters. The van der Waals surface area contributed by atoms with Crippen LogP contribution in [0.25, 0.3) is 0 Å². The zero-order valence-electron chi connectivity index (χ0n) is 17.8. The monoisotopic (exact) mass is 464 g/mol. The highest BCUT2D eigenvalue weighted by molar-refractivity contribution is 6.30. The minimum Gasteiger partial charge on any atom is -0.493 e. The second-order valence-corrected chi connectivity index (χ2v) is 7.37. The van der Waals surface area contributed by atoms with Gasteiger partial charge in [-0.1, -0.05) is 35.9 Å². The topological polar surface area (TPSA) is 97.6 Å². The van der Waals surface area contributed by atoms with Gasteiger partial charge in [-0.05, 0) is 53.6 Å². The van der Waals surface area contributed by atoms with Crippen LogP contribution in [-0.4, -0.2) is 25.6 Å². The van der Waals surface area contributed by atoms with Gasteiger partial charge in [0.2, 0.25) is 0 Å². The highest BCUT2D eigenvalue weighted by atomic mass is 35.5.